The predicted octanol–water partition coefficient (Wildman–Crippen LogP) is 3.22. The number of amides is 1. The molecule has 1 aromatic carbocycles. The SMILES string of the molecule is CN=C(NCCc1ccc(C(C)(C)C)cc1)NCC(=O)NC(C)(C)C.I. The summed E-state index contributed by atoms with van der Waals surface area (Å²) in [6.45, 7) is 13.5. The molecule has 0 aromatic heterocycles. The number of hydrogen-bond donors (Lipinski definition) is 3. The summed E-state index contributed by atoms with van der Waals surface area (Å²) in [5.41, 5.74) is 2.57. The third-order valence-corrected chi connectivity index (χ3v) is 3.68. The molecule has 0 saturated carbocycles. The molecule has 26 heavy (non-hydrogen) atoms. The minimum Gasteiger partial charge on any atom is -0.356 e. The van der Waals surface area contributed by atoms with E-state index in [4.69, 9.17) is 0 Å². The Hall–Kier alpha value is -1.31. The zero-order valence-corrected chi connectivity index (χ0v) is 19.5. The monoisotopic (exact) mass is 474 g/mol. The average Bonchev–Trinajstić information content (AvgIpc) is 2.48. The molecule has 0 aliphatic carbocycles. The van der Waals surface area contributed by atoms with Gasteiger partial charge in [-0.05, 0) is 43.7 Å². The van der Waals surface area contributed by atoms with Gasteiger partial charge >= 0.3 is 0 Å². The second-order valence-electron chi connectivity index (χ2n) is 8.35. The third-order valence-electron chi connectivity index (χ3n) is 3.68. The van der Waals surface area contributed by atoms with Crippen LogP contribution in [0.4, 0.5) is 0 Å². The molecule has 5 nitrogen and oxygen atoms in total. The summed E-state index contributed by atoms with van der Waals surface area (Å²) in [4.78, 5) is 16.0. The van der Waals surface area contributed by atoms with Gasteiger partial charge in [0.05, 0.1) is 6.54 Å². The van der Waals surface area contributed by atoms with E-state index in [9.17, 15) is 4.79 Å². The van der Waals surface area contributed by atoms with Crippen LogP contribution in [0, 0.1) is 0 Å². The summed E-state index contributed by atoms with van der Waals surface area (Å²) in [6.07, 6.45) is 0.902. The van der Waals surface area contributed by atoms with E-state index in [0.717, 1.165) is 13.0 Å². The van der Waals surface area contributed by atoms with E-state index in [1.165, 1.54) is 11.1 Å². The van der Waals surface area contributed by atoms with Crippen molar-refractivity contribution >= 4 is 35.8 Å². The number of nitrogens with zero attached hydrogens (tertiary/aromatic N) is 1. The number of guanidine groups is 1. The Morgan fingerprint density at radius 1 is 1.00 bits per heavy atom. The van der Waals surface area contributed by atoms with E-state index in [0.29, 0.717) is 5.96 Å². The van der Waals surface area contributed by atoms with Crippen molar-refractivity contribution in [1.82, 2.24) is 16.0 Å². The zero-order valence-electron chi connectivity index (χ0n) is 17.2. The van der Waals surface area contributed by atoms with Gasteiger partial charge in [-0.3, -0.25) is 9.79 Å². The first-order valence-corrected chi connectivity index (χ1v) is 8.86. The minimum absolute atomic E-state index is 0. The lowest BCUT2D eigenvalue weighted by Crippen LogP contribution is -2.48. The predicted molar refractivity (Wildman–Crippen MR) is 122 cm³/mol. The van der Waals surface area contributed by atoms with Crippen LogP contribution < -0.4 is 16.0 Å². The first-order valence-electron chi connectivity index (χ1n) is 8.86. The molecule has 6 heteroatoms. The molecule has 0 fully saturated rings. The van der Waals surface area contributed by atoms with Crippen LogP contribution in [0.2, 0.25) is 0 Å². The van der Waals surface area contributed by atoms with Crippen molar-refractivity contribution in [3.05, 3.63) is 35.4 Å². The molecule has 3 N–H and O–H groups in total. The van der Waals surface area contributed by atoms with Crippen LogP contribution >= 0.6 is 24.0 Å². The molecule has 0 aliphatic heterocycles. The van der Waals surface area contributed by atoms with Crippen LogP contribution in [-0.2, 0) is 16.6 Å². The van der Waals surface area contributed by atoms with E-state index in [1.54, 1.807) is 7.05 Å². The maximum Gasteiger partial charge on any atom is 0.239 e. The van der Waals surface area contributed by atoms with Crippen molar-refractivity contribution in [3.63, 3.8) is 0 Å². The lowest BCUT2D eigenvalue weighted by atomic mass is 9.86. The number of rotatable bonds is 5. The number of carbonyl (C=O) groups is 1. The number of carbonyl (C=O) groups excluding carboxylic acids is 1. The second-order valence-corrected chi connectivity index (χ2v) is 8.35. The first-order chi connectivity index (χ1) is 11.5. The fourth-order valence-corrected chi connectivity index (χ4v) is 2.34. The highest BCUT2D eigenvalue weighted by atomic mass is 127. The third kappa shape index (κ3) is 9.99. The molecule has 0 bridgehead atoms. The smallest absolute Gasteiger partial charge is 0.239 e. The van der Waals surface area contributed by atoms with Crippen molar-refractivity contribution < 1.29 is 4.79 Å². The number of halogens is 1. The Morgan fingerprint density at radius 3 is 2.04 bits per heavy atom. The van der Waals surface area contributed by atoms with E-state index >= 15 is 0 Å². The molecule has 1 rings (SSSR count). The van der Waals surface area contributed by atoms with Gasteiger partial charge in [0.15, 0.2) is 5.96 Å². The highest BCUT2D eigenvalue weighted by Crippen LogP contribution is 2.22. The standard InChI is InChI=1S/C20H34N4O.HI/c1-19(2,3)16-10-8-15(9-11-16)12-13-22-18(21-7)23-14-17(25)24-20(4,5)6;/h8-11H,12-14H2,1-7H3,(H,24,25)(H2,21,22,23);1H. The van der Waals surface area contributed by atoms with Crippen molar-refractivity contribution in [3.8, 4) is 0 Å². The fourth-order valence-electron chi connectivity index (χ4n) is 2.34. The summed E-state index contributed by atoms with van der Waals surface area (Å²) in [5.74, 6) is 0.587. The lowest BCUT2D eigenvalue weighted by Gasteiger charge is -2.21. The van der Waals surface area contributed by atoms with Crippen LogP contribution in [0.25, 0.3) is 0 Å². The molecule has 0 aliphatic rings. The molecule has 0 atom stereocenters. The highest BCUT2D eigenvalue weighted by molar-refractivity contribution is 14.0. The van der Waals surface area contributed by atoms with Gasteiger partial charge in [0.1, 0.15) is 0 Å². The summed E-state index contributed by atoms with van der Waals surface area (Å²) in [7, 11) is 1.70. The van der Waals surface area contributed by atoms with E-state index in [2.05, 4.69) is 66.0 Å². The summed E-state index contributed by atoms with van der Waals surface area (Å²) in [6, 6.07) is 8.74. The van der Waals surface area contributed by atoms with Crippen molar-refractivity contribution in [2.45, 2.75) is 58.9 Å². The number of benzene rings is 1. The maximum atomic E-state index is 11.8. The van der Waals surface area contributed by atoms with Crippen molar-refractivity contribution in [2.75, 3.05) is 20.1 Å². The lowest BCUT2D eigenvalue weighted by molar-refractivity contribution is -0.121. The molecule has 0 saturated heterocycles. The summed E-state index contributed by atoms with van der Waals surface area (Å²) >= 11 is 0. The maximum absolute atomic E-state index is 11.8. The molecular formula is C20H35IN4O. The Kier molecular flexibility index (Phi) is 10.2. The van der Waals surface area contributed by atoms with E-state index in [-0.39, 0.29) is 47.4 Å². The Bertz CT molecular complexity index is 583. The van der Waals surface area contributed by atoms with Gasteiger partial charge in [0.2, 0.25) is 5.91 Å². The number of nitrogens with one attached hydrogen (secondary N) is 3. The van der Waals surface area contributed by atoms with E-state index in [1.807, 2.05) is 20.8 Å². The van der Waals surface area contributed by atoms with Crippen LogP contribution in [0.3, 0.4) is 0 Å². The van der Waals surface area contributed by atoms with Gasteiger partial charge in [-0.1, -0.05) is 45.0 Å². The van der Waals surface area contributed by atoms with Crippen LogP contribution in [0.5, 0.6) is 0 Å². The summed E-state index contributed by atoms with van der Waals surface area (Å²) in [5, 5.41) is 9.19. The number of hydrogen-bond acceptors (Lipinski definition) is 2. The Labute approximate surface area is 175 Å². The Balaban J connectivity index is 0.00000625. The van der Waals surface area contributed by atoms with Gasteiger partial charge in [0.25, 0.3) is 0 Å². The fraction of sp³-hybridized carbons (Fsp3) is 0.600. The molecule has 0 spiro atoms. The van der Waals surface area contributed by atoms with Crippen LogP contribution in [0.1, 0.15) is 52.7 Å². The molecule has 0 radical (unpaired) electrons. The second kappa shape index (κ2) is 10.7. The molecule has 0 unspecified atom stereocenters. The normalized spacial score (nSPS) is 12.2. The van der Waals surface area contributed by atoms with Crippen molar-refractivity contribution in [2.24, 2.45) is 4.99 Å². The van der Waals surface area contributed by atoms with Gasteiger partial charge < -0.3 is 16.0 Å². The van der Waals surface area contributed by atoms with E-state index < -0.39 is 0 Å². The van der Waals surface area contributed by atoms with Gasteiger partial charge in [-0.15, -0.1) is 24.0 Å². The van der Waals surface area contributed by atoms with Gasteiger partial charge in [0, 0.05) is 19.1 Å². The highest BCUT2D eigenvalue weighted by Gasteiger charge is 2.14. The number of aliphatic imine (C=N–C) groups is 1. The van der Waals surface area contributed by atoms with Gasteiger partial charge in [-0.25, -0.2) is 0 Å². The Morgan fingerprint density at radius 2 is 1.58 bits per heavy atom. The topological polar surface area (TPSA) is 65.5 Å². The molecule has 0 heterocycles. The molecule has 1 amide bonds. The summed E-state index contributed by atoms with van der Waals surface area (Å²) < 4.78 is 0. The molecule has 1 aromatic rings. The largest absolute Gasteiger partial charge is 0.356 e. The average molecular weight is 474 g/mol. The van der Waals surface area contributed by atoms with Crippen LogP contribution in [0.15, 0.2) is 29.3 Å². The molecular weight excluding hydrogens is 439 g/mol. The van der Waals surface area contributed by atoms with Crippen LogP contribution in [-0.4, -0.2) is 37.5 Å². The molecule has 148 valence electrons. The van der Waals surface area contributed by atoms with Crippen molar-refractivity contribution in [1.29, 1.82) is 0 Å². The van der Waals surface area contributed by atoms with Gasteiger partial charge in [-0.2, -0.15) is 0 Å². The first kappa shape index (κ1) is 24.7. The zero-order chi connectivity index (χ0) is 19.1. The quantitative estimate of drug-likeness (QED) is 0.349. The minimum atomic E-state index is -0.227.